The largest absolute Gasteiger partial charge is 0.328 e. The van der Waals surface area contributed by atoms with Crippen molar-refractivity contribution in [3.8, 4) is 0 Å². The van der Waals surface area contributed by atoms with Gasteiger partial charge in [-0.2, -0.15) is 0 Å². The quantitative estimate of drug-likeness (QED) is 0.860. The van der Waals surface area contributed by atoms with Gasteiger partial charge in [0.2, 0.25) is 5.91 Å². The predicted octanol–water partition coefficient (Wildman–Crippen LogP) is 1.73. The van der Waals surface area contributed by atoms with E-state index in [4.69, 9.17) is 5.73 Å². The Morgan fingerprint density at radius 1 is 1.35 bits per heavy atom. The molecule has 1 saturated heterocycles. The van der Waals surface area contributed by atoms with Crippen molar-refractivity contribution in [3.05, 3.63) is 36.3 Å². The Labute approximate surface area is 118 Å². The second kappa shape index (κ2) is 4.31. The number of amides is 1. The Hall–Kier alpha value is -1.88. The average molecular weight is 272 g/mol. The lowest BCUT2D eigenvalue weighted by atomic mass is 10.0. The molecule has 5 nitrogen and oxygen atoms in total. The van der Waals surface area contributed by atoms with E-state index in [1.54, 1.807) is 0 Å². The molecule has 1 aliphatic heterocycles. The predicted molar refractivity (Wildman–Crippen MR) is 77.1 cm³/mol. The van der Waals surface area contributed by atoms with Crippen LogP contribution in [0.15, 0.2) is 30.6 Å². The second-order valence-corrected chi connectivity index (χ2v) is 6.38. The number of nitrogens with zero attached hydrogens (tertiary/aromatic N) is 3. The number of hydrogen-bond acceptors (Lipinski definition) is 3. The molecule has 20 heavy (non-hydrogen) atoms. The fourth-order valence-corrected chi connectivity index (χ4v) is 3.00. The molecule has 1 aliphatic rings. The van der Waals surface area contributed by atoms with Gasteiger partial charge in [-0.05, 0) is 32.9 Å². The molecule has 2 N–H and O–H groups in total. The van der Waals surface area contributed by atoms with Crippen molar-refractivity contribution in [2.24, 2.45) is 5.73 Å². The molecule has 2 unspecified atom stereocenters. The molecular weight excluding hydrogens is 252 g/mol. The average Bonchev–Trinajstić information content (AvgIpc) is 2.88. The summed E-state index contributed by atoms with van der Waals surface area (Å²) in [5.41, 5.74) is 7.68. The molecule has 0 aliphatic carbocycles. The topological polar surface area (TPSA) is 63.6 Å². The minimum atomic E-state index is -0.258. The van der Waals surface area contributed by atoms with Crippen molar-refractivity contribution in [2.75, 3.05) is 0 Å². The summed E-state index contributed by atoms with van der Waals surface area (Å²) >= 11 is 0. The highest BCUT2D eigenvalue weighted by atomic mass is 16.2. The maximum absolute atomic E-state index is 12.2. The minimum absolute atomic E-state index is 0.104. The van der Waals surface area contributed by atoms with Crippen molar-refractivity contribution in [3.63, 3.8) is 0 Å². The number of imidazole rings is 1. The maximum Gasteiger partial charge on any atom is 0.225 e. The Kier molecular flexibility index (Phi) is 2.83. The van der Waals surface area contributed by atoms with Crippen LogP contribution in [0.5, 0.6) is 0 Å². The third kappa shape index (κ3) is 1.98. The Balaban J connectivity index is 2.08. The van der Waals surface area contributed by atoms with Crippen molar-refractivity contribution < 1.29 is 4.79 Å². The van der Waals surface area contributed by atoms with E-state index >= 15 is 0 Å². The molecule has 0 radical (unpaired) electrons. The molecule has 0 bridgehead atoms. The number of likely N-dealkylation sites (tertiary alicyclic amines) is 1. The number of hydrogen-bond donors (Lipinski definition) is 1. The number of pyridine rings is 1. The summed E-state index contributed by atoms with van der Waals surface area (Å²) in [4.78, 5) is 18.7. The molecule has 0 spiro atoms. The van der Waals surface area contributed by atoms with E-state index in [-0.39, 0.29) is 23.5 Å². The molecule has 5 heteroatoms. The highest BCUT2D eigenvalue weighted by molar-refractivity contribution is 5.81. The van der Waals surface area contributed by atoms with E-state index in [1.165, 1.54) is 0 Å². The number of fused-ring (bicyclic) bond motifs is 1. The van der Waals surface area contributed by atoms with Gasteiger partial charge in [0.15, 0.2) is 0 Å². The fourth-order valence-electron chi connectivity index (χ4n) is 3.00. The van der Waals surface area contributed by atoms with Crippen LogP contribution in [0.2, 0.25) is 0 Å². The Morgan fingerprint density at radius 2 is 2.10 bits per heavy atom. The molecule has 2 aromatic rings. The van der Waals surface area contributed by atoms with Crippen LogP contribution in [0.3, 0.4) is 0 Å². The van der Waals surface area contributed by atoms with Crippen LogP contribution in [-0.2, 0) is 4.79 Å². The van der Waals surface area contributed by atoms with Gasteiger partial charge >= 0.3 is 0 Å². The van der Waals surface area contributed by atoms with Gasteiger partial charge < -0.3 is 15.0 Å². The molecule has 3 heterocycles. The highest BCUT2D eigenvalue weighted by Crippen LogP contribution is 2.37. The molecule has 0 aromatic carbocycles. The molecule has 1 amide bonds. The number of carbonyl (C=O) groups is 1. The van der Waals surface area contributed by atoms with Crippen LogP contribution >= 0.6 is 0 Å². The fraction of sp³-hybridized carbons (Fsp3) is 0.467. The summed E-state index contributed by atoms with van der Waals surface area (Å²) in [6.07, 6.45) is 4.31. The van der Waals surface area contributed by atoms with E-state index in [1.807, 2.05) is 60.7 Å². The van der Waals surface area contributed by atoms with Crippen molar-refractivity contribution in [1.29, 1.82) is 0 Å². The SMILES string of the molecule is CC(C)(C)N1C(=O)CC(N)C1c1cn2ccccc2n1. The van der Waals surface area contributed by atoms with Gasteiger partial charge in [0.1, 0.15) is 5.65 Å². The third-order valence-electron chi connectivity index (χ3n) is 3.77. The van der Waals surface area contributed by atoms with Gasteiger partial charge in [-0.3, -0.25) is 4.79 Å². The van der Waals surface area contributed by atoms with Crippen molar-refractivity contribution in [2.45, 2.75) is 44.8 Å². The van der Waals surface area contributed by atoms with Gasteiger partial charge in [0.05, 0.1) is 11.7 Å². The lowest BCUT2D eigenvalue weighted by Gasteiger charge is -2.37. The second-order valence-electron chi connectivity index (χ2n) is 6.38. The number of carbonyl (C=O) groups excluding carboxylic acids is 1. The monoisotopic (exact) mass is 272 g/mol. The van der Waals surface area contributed by atoms with E-state index in [2.05, 4.69) is 4.98 Å². The first-order chi connectivity index (χ1) is 9.38. The van der Waals surface area contributed by atoms with Crippen LogP contribution in [0.4, 0.5) is 0 Å². The van der Waals surface area contributed by atoms with Gasteiger partial charge in [-0.25, -0.2) is 4.98 Å². The first-order valence-electron chi connectivity index (χ1n) is 6.89. The van der Waals surface area contributed by atoms with E-state index in [0.29, 0.717) is 6.42 Å². The first-order valence-corrected chi connectivity index (χ1v) is 6.89. The summed E-state index contributed by atoms with van der Waals surface area (Å²) < 4.78 is 1.96. The minimum Gasteiger partial charge on any atom is -0.328 e. The molecule has 3 rings (SSSR count). The molecule has 0 saturated carbocycles. The summed E-state index contributed by atoms with van der Waals surface area (Å²) in [7, 11) is 0. The normalized spacial score (nSPS) is 23.8. The van der Waals surface area contributed by atoms with Crippen LogP contribution in [0.1, 0.15) is 38.9 Å². The molecule has 2 atom stereocenters. The van der Waals surface area contributed by atoms with Gasteiger partial charge in [0, 0.05) is 30.4 Å². The van der Waals surface area contributed by atoms with Crippen LogP contribution < -0.4 is 5.73 Å². The number of nitrogens with two attached hydrogens (primary N) is 1. The zero-order valence-corrected chi connectivity index (χ0v) is 12.1. The molecule has 1 fully saturated rings. The smallest absolute Gasteiger partial charge is 0.225 e. The molecule has 106 valence electrons. The van der Waals surface area contributed by atoms with Crippen molar-refractivity contribution >= 4 is 11.6 Å². The van der Waals surface area contributed by atoms with E-state index in [9.17, 15) is 4.79 Å². The summed E-state index contributed by atoms with van der Waals surface area (Å²) in [6, 6.07) is 5.51. The van der Waals surface area contributed by atoms with Crippen LogP contribution in [-0.4, -0.2) is 31.8 Å². The van der Waals surface area contributed by atoms with E-state index < -0.39 is 0 Å². The standard InChI is InChI=1S/C15H20N4O/c1-15(2,3)19-13(20)8-10(16)14(19)11-9-18-7-5-4-6-12(18)17-11/h4-7,9-10,14H,8,16H2,1-3H3. The van der Waals surface area contributed by atoms with Crippen LogP contribution in [0.25, 0.3) is 5.65 Å². The zero-order valence-electron chi connectivity index (χ0n) is 12.1. The van der Waals surface area contributed by atoms with Crippen LogP contribution in [0, 0.1) is 0 Å². The Bertz CT molecular complexity index is 622. The van der Waals surface area contributed by atoms with Crippen molar-refractivity contribution in [1.82, 2.24) is 14.3 Å². The summed E-state index contributed by atoms with van der Waals surface area (Å²) in [5.74, 6) is 0.104. The molecule has 2 aromatic heterocycles. The number of aromatic nitrogens is 2. The third-order valence-corrected chi connectivity index (χ3v) is 3.77. The maximum atomic E-state index is 12.2. The first kappa shape index (κ1) is 13.1. The number of rotatable bonds is 1. The summed E-state index contributed by atoms with van der Waals surface area (Å²) in [5, 5.41) is 0. The zero-order chi connectivity index (χ0) is 14.5. The molecular formula is C15H20N4O. The van der Waals surface area contributed by atoms with Gasteiger partial charge in [-0.1, -0.05) is 6.07 Å². The summed E-state index contributed by atoms with van der Waals surface area (Å²) in [6.45, 7) is 6.10. The highest BCUT2D eigenvalue weighted by Gasteiger charge is 2.45. The Morgan fingerprint density at radius 3 is 2.75 bits per heavy atom. The van der Waals surface area contributed by atoms with Gasteiger partial charge in [-0.15, -0.1) is 0 Å². The lowest BCUT2D eigenvalue weighted by molar-refractivity contribution is -0.133. The van der Waals surface area contributed by atoms with E-state index in [0.717, 1.165) is 11.3 Å². The van der Waals surface area contributed by atoms with Gasteiger partial charge in [0.25, 0.3) is 0 Å². The lowest BCUT2D eigenvalue weighted by Crippen LogP contribution is -2.45.